The van der Waals surface area contributed by atoms with Crippen LogP contribution in [0.1, 0.15) is 39.8 Å². The first kappa shape index (κ1) is 41.2. The third-order valence-electron chi connectivity index (χ3n) is 4.92. The third-order valence-corrected chi connectivity index (χ3v) is 4.92. The number of carbonyl (C=O) groups excluding carboxylic acids is 4. The summed E-state index contributed by atoms with van der Waals surface area (Å²) >= 11 is 0. The molecule has 0 aliphatic carbocycles. The summed E-state index contributed by atoms with van der Waals surface area (Å²) in [6, 6.07) is 10.6. The minimum absolute atomic E-state index is 0. The Hall–Kier alpha value is -3.98. The van der Waals surface area contributed by atoms with Gasteiger partial charge in [0.25, 0.3) is 12.1 Å². The number of pyridine rings is 2. The molecule has 239 valence electrons. The van der Waals surface area contributed by atoms with E-state index in [1.54, 1.807) is 13.8 Å². The Morgan fingerprint density at radius 2 is 0.837 bits per heavy atom. The number of nitrogens with zero attached hydrogens (tertiary/aromatic N) is 4. The fraction of sp³-hybridized carbons (Fsp3) is 0.385. The zero-order valence-electron chi connectivity index (χ0n) is 23.2. The smallest absolute Gasteiger partial charge is 0.542 e. The molecule has 43 heavy (non-hydrogen) atoms. The van der Waals surface area contributed by atoms with Gasteiger partial charge in [-0.2, -0.15) is 35.5 Å². The van der Waals surface area contributed by atoms with Crippen molar-refractivity contribution in [3.63, 3.8) is 0 Å². The van der Waals surface area contributed by atoms with Gasteiger partial charge < -0.3 is 19.8 Å². The third kappa shape index (κ3) is 16.3. The van der Waals surface area contributed by atoms with Crippen LogP contribution in [0.4, 0.5) is 26.3 Å². The Bertz CT molecular complexity index is 1160. The monoisotopic (exact) mass is 669 g/mol. The molecule has 0 spiro atoms. The van der Waals surface area contributed by atoms with E-state index < -0.39 is 36.4 Å². The molecule has 0 amide bonds. The van der Waals surface area contributed by atoms with E-state index in [-0.39, 0.29) is 28.6 Å². The molecule has 2 rings (SSSR count). The molecule has 0 saturated carbocycles. The minimum atomic E-state index is -5.19. The standard InChI is InChI=1S/C22H28N4O2.2C2HF3O2.Cu/c1-17(21(19(3)27)25-13-7-5-8-14-25)23-11-12-24-18(2)22(20(4)28)26-15-9-6-10-16-26;2*3-2(4,5)1(6)7;/h5-10,13-16,21-22H,11-12H2,1-4H3;2*(H,6,7);/q+2;;;+2/p-2. The van der Waals surface area contributed by atoms with Crippen LogP contribution < -0.4 is 19.3 Å². The van der Waals surface area contributed by atoms with E-state index in [0.717, 1.165) is 11.4 Å². The molecule has 2 heterocycles. The van der Waals surface area contributed by atoms with E-state index in [1.807, 2.05) is 84.2 Å². The molecule has 0 bridgehead atoms. The number of halogens is 6. The summed E-state index contributed by atoms with van der Waals surface area (Å²) in [6.45, 7) is 7.79. The number of hydrogen-bond acceptors (Lipinski definition) is 8. The Kier molecular flexibility index (Phi) is 18.4. The van der Waals surface area contributed by atoms with Crippen LogP contribution in [0.5, 0.6) is 0 Å². The van der Waals surface area contributed by atoms with Crippen LogP contribution in [0.3, 0.4) is 0 Å². The molecular weight excluding hydrogens is 642 g/mol. The average molecular weight is 670 g/mol. The van der Waals surface area contributed by atoms with Crippen LogP contribution in [0.2, 0.25) is 0 Å². The van der Waals surface area contributed by atoms with Gasteiger partial charge in [0.1, 0.15) is 11.9 Å². The zero-order chi connectivity index (χ0) is 32.7. The van der Waals surface area contributed by atoms with Crippen molar-refractivity contribution < 1.29 is 81.9 Å². The predicted octanol–water partition coefficient (Wildman–Crippen LogP) is 0.738. The maximum atomic E-state index is 12.1. The van der Waals surface area contributed by atoms with E-state index in [4.69, 9.17) is 19.8 Å². The quantitative estimate of drug-likeness (QED) is 0.127. The molecule has 0 N–H and O–H groups in total. The van der Waals surface area contributed by atoms with E-state index in [0.29, 0.717) is 13.1 Å². The summed E-state index contributed by atoms with van der Waals surface area (Å²) in [6.07, 6.45) is -2.94. The van der Waals surface area contributed by atoms with E-state index in [9.17, 15) is 35.9 Å². The fourth-order valence-corrected chi connectivity index (χ4v) is 3.23. The van der Waals surface area contributed by atoms with Crippen LogP contribution in [0, 0.1) is 0 Å². The van der Waals surface area contributed by atoms with E-state index in [2.05, 4.69) is 9.98 Å². The van der Waals surface area contributed by atoms with Crippen molar-refractivity contribution >= 4 is 34.9 Å². The molecule has 17 heteroatoms. The molecule has 0 fully saturated rings. The predicted molar refractivity (Wildman–Crippen MR) is 131 cm³/mol. The average Bonchev–Trinajstić information content (AvgIpc) is 2.87. The maximum absolute atomic E-state index is 12.1. The van der Waals surface area contributed by atoms with Crippen molar-refractivity contribution in [2.45, 2.75) is 52.1 Å². The summed E-state index contributed by atoms with van der Waals surface area (Å²) in [7, 11) is 0. The van der Waals surface area contributed by atoms with Gasteiger partial charge in [0.15, 0.2) is 24.8 Å². The first-order valence-electron chi connectivity index (χ1n) is 11.8. The van der Waals surface area contributed by atoms with E-state index >= 15 is 0 Å². The van der Waals surface area contributed by atoms with Crippen LogP contribution in [0.25, 0.3) is 0 Å². The van der Waals surface area contributed by atoms with Gasteiger partial charge in [0.05, 0.1) is 24.5 Å². The number of aromatic nitrogens is 2. The number of hydrogen-bond donors (Lipinski definition) is 0. The van der Waals surface area contributed by atoms with Crippen molar-refractivity contribution in [1.82, 2.24) is 0 Å². The molecule has 2 unspecified atom stereocenters. The molecule has 1 radical (unpaired) electrons. The number of carboxylic acids is 2. The molecule has 0 saturated heterocycles. The minimum Gasteiger partial charge on any atom is -0.542 e. The normalized spacial score (nSPS) is 13.1. The fourth-order valence-electron chi connectivity index (χ4n) is 3.23. The number of aliphatic imine (C=N–C) groups is 2. The molecule has 2 atom stereocenters. The first-order valence-corrected chi connectivity index (χ1v) is 11.8. The number of ketones is 2. The van der Waals surface area contributed by atoms with Crippen LogP contribution >= 0.6 is 0 Å². The van der Waals surface area contributed by atoms with Gasteiger partial charge in [-0.3, -0.25) is 19.6 Å². The van der Waals surface area contributed by atoms with E-state index in [1.165, 1.54) is 0 Å². The van der Waals surface area contributed by atoms with Gasteiger partial charge >= 0.3 is 29.4 Å². The van der Waals surface area contributed by atoms with Crippen LogP contribution in [-0.4, -0.2) is 60.4 Å². The summed E-state index contributed by atoms with van der Waals surface area (Å²) in [5.74, 6) is -5.94. The number of Topliss-reactive ketones (excluding diaryl/α,β-unsaturated/α-hetero) is 2. The Morgan fingerprint density at radius 1 is 0.605 bits per heavy atom. The van der Waals surface area contributed by atoms with Crippen molar-refractivity contribution in [2.75, 3.05) is 13.1 Å². The Balaban J connectivity index is 0. The van der Waals surface area contributed by atoms with Crippen molar-refractivity contribution in [3.8, 4) is 0 Å². The zero-order valence-corrected chi connectivity index (χ0v) is 24.1. The second-order valence-electron chi connectivity index (χ2n) is 8.29. The Morgan fingerprint density at radius 3 is 1.02 bits per heavy atom. The summed E-state index contributed by atoms with van der Waals surface area (Å²) < 4.78 is 66.8. The van der Waals surface area contributed by atoms with Gasteiger partial charge in [0, 0.05) is 38.1 Å². The van der Waals surface area contributed by atoms with Crippen molar-refractivity contribution in [2.24, 2.45) is 9.98 Å². The number of alkyl halides is 6. The maximum Gasteiger partial charge on any atom is 2.00 e. The molecule has 0 aromatic carbocycles. The van der Waals surface area contributed by atoms with Gasteiger partial charge in [0.2, 0.25) is 11.6 Å². The topological polar surface area (TPSA) is 147 Å². The molecule has 10 nitrogen and oxygen atoms in total. The number of aliphatic carboxylic acids is 2. The largest absolute Gasteiger partial charge is 2.00 e. The second-order valence-corrected chi connectivity index (χ2v) is 8.29. The molecular formula is C26H28CuF6N4O6+2. The van der Waals surface area contributed by atoms with Gasteiger partial charge in [-0.1, -0.05) is 12.1 Å². The molecule has 2 aromatic rings. The molecule has 2 aromatic heterocycles. The summed E-state index contributed by atoms with van der Waals surface area (Å²) in [5.41, 5.74) is 1.49. The number of rotatable bonds is 9. The van der Waals surface area contributed by atoms with Crippen LogP contribution in [0.15, 0.2) is 71.2 Å². The van der Waals surface area contributed by atoms with Gasteiger partial charge in [-0.25, -0.2) is 0 Å². The number of carboxylic acid groups (broad SMARTS) is 2. The van der Waals surface area contributed by atoms with Gasteiger partial charge in [-0.15, -0.1) is 0 Å². The molecule has 0 aliphatic heterocycles. The van der Waals surface area contributed by atoms with Crippen molar-refractivity contribution in [1.29, 1.82) is 0 Å². The van der Waals surface area contributed by atoms with Gasteiger partial charge in [-0.05, 0) is 13.8 Å². The summed E-state index contributed by atoms with van der Waals surface area (Å²) in [5, 5.41) is 17.6. The Labute approximate surface area is 253 Å². The van der Waals surface area contributed by atoms with Crippen LogP contribution in [-0.2, 0) is 36.2 Å². The number of carbonyl (C=O) groups is 4. The first-order chi connectivity index (χ1) is 19.3. The summed E-state index contributed by atoms with van der Waals surface area (Å²) in [4.78, 5) is 50.8. The SMILES string of the molecule is CC(=O)C(C(C)=NCCN=C(C)C(C(C)=O)[n+]1ccccc1)[n+]1ccccc1.O=C([O-])C(F)(F)F.O=C([O-])C(F)(F)F.[Cu+2]. The second kappa shape index (κ2) is 19.3. The molecule has 0 aliphatic rings. The van der Waals surface area contributed by atoms with Crippen molar-refractivity contribution in [3.05, 3.63) is 61.2 Å².